The van der Waals surface area contributed by atoms with Crippen LogP contribution in [0, 0.1) is 11.8 Å². The average Bonchev–Trinajstić information content (AvgIpc) is 2.59. The van der Waals surface area contributed by atoms with Gasteiger partial charge in [0.15, 0.2) is 6.10 Å². The highest BCUT2D eigenvalue weighted by Gasteiger charge is 2.35. The molecule has 1 fully saturated rings. The standard InChI is InChI=1S/C19H34N2O5/c1-13(2)15-18(24)21(3)12-10-8-6-4-5-7-9-11-14(17(23)20-15)16(22)19(25)26/h13-16,22H,4-12H2,1-3H3,(H,20,23)(H,25,26)/t14-,15+,16+/m1/s1. The minimum Gasteiger partial charge on any atom is -0.479 e. The Kier molecular flexibility index (Phi) is 9.62. The molecule has 150 valence electrons. The highest BCUT2D eigenvalue weighted by Crippen LogP contribution is 2.19. The molecule has 1 aliphatic rings. The first-order valence-corrected chi connectivity index (χ1v) is 9.72. The lowest BCUT2D eigenvalue weighted by Crippen LogP contribution is -2.53. The number of aliphatic hydroxyl groups excluding tert-OH is 1. The van der Waals surface area contributed by atoms with Gasteiger partial charge in [-0.25, -0.2) is 4.79 Å². The van der Waals surface area contributed by atoms with Crippen molar-refractivity contribution in [2.75, 3.05) is 13.6 Å². The molecule has 3 atom stereocenters. The van der Waals surface area contributed by atoms with Crippen LogP contribution < -0.4 is 5.32 Å². The lowest BCUT2D eigenvalue weighted by molar-refractivity contribution is -0.154. The SMILES string of the molecule is CC(C)[C@@H]1NC(=O)[C@@H]([C@H](O)C(=O)O)CCCCCCCCCN(C)C1=O. The molecule has 26 heavy (non-hydrogen) atoms. The van der Waals surface area contributed by atoms with Crippen molar-refractivity contribution in [3.8, 4) is 0 Å². The lowest BCUT2D eigenvalue weighted by Gasteiger charge is -2.29. The van der Waals surface area contributed by atoms with Crippen molar-refractivity contribution in [2.24, 2.45) is 11.8 Å². The number of likely N-dealkylation sites (N-methyl/N-ethyl adjacent to an activating group) is 1. The van der Waals surface area contributed by atoms with Crippen molar-refractivity contribution in [1.82, 2.24) is 10.2 Å². The maximum Gasteiger partial charge on any atom is 0.333 e. The van der Waals surface area contributed by atoms with Crippen molar-refractivity contribution in [1.29, 1.82) is 0 Å². The summed E-state index contributed by atoms with van der Waals surface area (Å²) in [4.78, 5) is 38.2. The molecule has 7 heteroatoms. The third kappa shape index (κ3) is 6.94. The summed E-state index contributed by atoms with van der Waals surface area (Å²) in [6.45, 7) is 4.32. The normalized spacial score (nSPS) is 26.0. The molecule has 1 rings (SSSR count). The molecule has 0 saturated carbocycles. The predicted molar refractivity (Wildman–Crippen MR) is 98.5 cm³/mol. The van der Waals surface area contributed by atoms with Gasteiger partial charge in [-0.3, -0.25) is 9.59 Å². The number of nitrogens with zero attached hydrogens (tertiary/aromatic N) is 1. The molecule has 0 radical (unpaired) electrons. The van der Waals surface area contributed by atoms with E-state index in [4.69, 9.17) is 5.11 Å². The highest BCUT2D eigenvalue weighted by atomic mass is 16.4. The van der Waals surface area contributed by atoms with Crippen molar-refractivity contribution >= 4 is 17.8 Å². The lowest BCUT2D eigenvalue weighted by atomic mass is 9.92. The molecule has 3 N–H and O–H groups in total. The molecule has 0 aromatic heterocycles. The largest absolute Gasteiger partial charge is 0.479 e. The van der Waals surface area contributed by atoms with Gasteiger partial charge in [-0.1, -0.05) is 52.4 Å². The molecule has 1 saturated heterocycles. The summed E-state index contributed by atoms with van der Waals surface area (Å²) in [5.74, 6) is -3.32. The number of aliphatic hydroxyl groups is 1. The highest BCUT2D eigenvalue weighted by molar-refractivity contribution is 5.91. The van der Waals surface area contributed by atoms with E-state index in [1.807, 2.05) is 13.8 Å². The summed E-state index contributed by atoms with van der Waals surface area (Å²) in [7, 11) is 1.73. The maximum atomic E-state index is 12.7. The maximum absolute atomic E-state index is 12.7. The van der Waals surface area contributed by atoms with Crippen LogP contribution in [0.3, 0.4) is 0 Å². The average molecular weight is 370 g/mol. The first kappa shape index (κ1) is 22.4. The first-order valence-electron chi connectivity index (χ1n) is 9.72. The van der Waals surface area contributed by atoms with Gasteiger partial charge < -0.3 is 20.4 Å². The van der Waals surface area contributed by atoms with Gasteiger partial charge >= 0.3 is 5.97 Å². The molecule has 0 aromatic rings. The zero-order valence-corrected chi connectivity index (χ0v) is 16.2. The summed E-state index contributed by atoms with van der Waals surface area (Å²) in [5.41, 5.74) is 0. The van der Waals surface area contributed by atoms with Gasteiger partial charge in [0.25, 0.3) is 0 Å². The fourth-order valence-corrected chi connectivity index (χ4v) is 3.32. The molecule has 0 aliphatic carbocycles. The van der Waals surface area contributed by atoms with E-state index in [9.17, 15) is 19.5 Å². The Morgan fingerprint density at radius 2 is 1.62 bits per heavy atom. The number of hydrogen-bond donors (Lipinski definition) is 3. The van der Waals surface area contributed by atoms with Gasteiger partial charge in [0, 0.05) is 13.6 Å². The number of carboxylic acid groups (broad SMARTS) is 1. The number of carbonyl (C=O) groups excluding carboxylic acids is 2. The number of rotatable bonds is 3. The van der Waals surface area contributed by atoms with E-state index in [1.165, 1.54) is 0 Å². The van der Waals surface area contributed by atoms with Crippen LogP contribution in [-0.4, -0.2) is 58.6 Å². The van der Waals surface area contributed by atoms with Crippen molar-refractivity contribution in [2.45, 2.75) is 77.4 Å². The number of aliphatic carboxylic acids is 1. The fourth-order valence-electron chi connectivity index (χ4n) is 3.32. The van der Waals surface area contributed by atoms with Crippen LogP contribution in [0.1, 0.15) is 65.2 Å². The zero-order chi connectivity index (χ0) is 19.7. The van der Waals surface area contributed by atoms with Crippen LogP contribution in [0.2, 0.25) is 0 Å². The summed E-state index contributed by atoms with van der Waals surface area (Å²) in [6.07, 6.45) is 5.35. The molecule has 0 bridgehead atoms. The number of carboxylic acids is 1. The Morgan fingerprint density at radius 1 is 1.08 bits per heavy atom. The van der Waals surface area contributed by atoms with E-state index in [0.29, 0.717) is 19.4 Å². The minimum absolute atomic E-state index is 0.132. The van der Waals surface area contributed by atoms with E-state index in [-0.39, 0.29) is 11.8 Å². The second kappa shape index (κ2) is 11.2. The third-order valence-corrected chi connectivity index (χ3v) is 5.09. The van der Waals surface area contributed by atoms with Gasteiger partial charge in [0.2, 0.25) is 11.8 Å². The summed E-state index contributed by atoms with van der Waals surface area (Å²) < 4.78 is 0. The molecule has 0 unspecified atom stereocenters. The van der Waals surface area contributed by atoms with E-state index < -0.39 is 29.9 Å². The smallest absolute Gasteiger partial charge is 0.333 e. The van der Waals surface area contributed by atoms with Crippen LogP contribution in [0.25, 0.3) is 0 Å². The first-order chi connectivity index (χ1) is 12.3. The van der Waals surface area contributed by atoms with Crippen LogP contribution in [0.15, 0.2) is 0 Å². The van der Waals surface area contributed by atoms with Crippen LogP contribution in [0.4, 0.5) is 0 Å². The second-order valence-electron chi connectivity index (χ2n) is 7.64. The Balaban J connectivity index is 2.98. The zero-order valence-electron chi connectivity index (χ0n) is 16.2. The van der Waals surface area contributed by atoms with E-state index in [2.05, 4.69) is 5.32 Å². The van der Waals surface area contributed by atoms with Crippen LogP contribution in [-0.2, 0) is 14.4 Å². The minimum atomic E-state index is -1.76. The molecule has 1 aliphatic heterocycles. The van der Waals surface area contributed by atoms with Crippen molar-refractivity contribution in [3.05, 3.63) is 0 Å². The molecule has 2 amide bonds. The Hall–Kier alpha value is -1.63. The molecular formula is C19H34N2O5. The van der Waals surface area contributed by atoms with E-state index in [0.717, 1.165) is 38.5 Å². The second-order valence-corrected chi connectivity index (χ2v) is 7.64. The number of hydrogen-bond acceptors (Lipinski definition) is 4. The summed E-state index contributed by atoms with van der Waals surface area (Å²) in [6, 6.07) is -0.721. The van der Waals surface area contributed by atoms with Gasteiger partial charge in [-0.2, -0.15) is 0 Å². The van der Waals surface area contributed by atoms with E-state index in [1.54, 1.807) is 11.9 Å². The van der Waals surface area contributed by atoms with Gasteiger partial charge in [-0.15, -0.1) is 0 Å². The Bertz CT molecular complexity index is 481. The monoisotopic (exact) mass is 370 g/mol. The number of amides is 2. The molecular weight excluding hydrogens is 336 g/mol. The van der Waals surface area contributed by atoms with E-state index >= 15 is 0 Å². The number of nitrogens with one attached hydrogen (secondary N) is 1. The topological polar surface area (TPSA) is 107 Å². The molecule has 0 spiro atoms. The summed E-state index contributed by atoms with van der Waals surface area (Å²) in [5, 5.41) is 21.8. The third-order valence-electron chi connectivity index (χ3n) is 5.09. The molecule has 1 heterocycles. The predicted octanol–water partition coefficient (Wildman–Crippen LogP) is 1.78. The van der Waals surface area contributed by atoms with Crippen molar-refractivity contribution < 1.29 is 24.6 Å². The number of carbonyl (C=O) groups is 3. The van der Waals surface area contributed by atoms with Gasteiger partial charge in [-0.05, 0) is 18.8 Å². The van der Waals surface area contributed by atoms with Crippen LogP contribution in [0.5, 0.6) is 0 Å². The molecule has 7 nitrogen and oxygen atoms in total. The van der Waals surface area contributed by atoms with Gasteiger partial charge in [0.1, 0.15) is 6.04 Å². The fraction of sp³-hybridized carbons (Fsp3) is 0.842. The van der Waals surface area contributed by atoms with Gasteiger partial charge in [0.05, 0.1) is 5.92 Å². The molecule has 0 aromatic carbocycles. The van der Waals surface area contributed by atoms with Crippen molar-refractivity contribution in [3.63, 3.8) is 0 Å². The Labute approximate surface area is 156 Å². The quantitative estimate of drug-likeness (QED) is 0.702. The summed E-state index contributed by atoms with van der Waals surface area (Å²) >= 11 is 0. The van der Waals surface area contributed by atoms with Crippen LogP contribution >= 0.6 is 0 Å². The Morgan fingerprint density at radius 3 is 2.15 bits per heavy atom.